The normalized spacial score (nSPS) is 15.8. The quantitative estimate of drug-likeness (QED) is 0.0862. The second kappa shape index (κ2) is 14.0. The highest BCUT2D eigenvalue weighted by atomic mass is 19.4. The van der Waals surface area contributed by atoms with Gasteiger partial charge in [-0.2, -0.15) is 87.8 Å². The first-order valence-electron chi connectivity index (χ1n) is 11.6. The van der Waals surface area contributed by atoms with Gasteiger partial charge in [0.1, 0.15) is 13.2 Å². The largest absolute Gasteiger partial charge is 0.384 e. The van der Waals surface area contributed by atoms with E-state index in [9.17, 15) is 105 Å². The Balaban J connectivity index is 4.93. The molecule has 0 aromatic heterocycles. The van der Waals surface area contributed by atoms with Crippen molar-refractivity contribution in [2.24, 2.45) is 0 Å². The third-order valence-electron chi connectivity index (χ3n) is 5.78. The van der Waals surface area contributed by atoms with Crippen LogP contribution in [0.15, 0.2) is 0 Å². The Morgan fingerprint density at radius 1 is 0.326 bits per heavy atom. The van der Waals surface area contributed by atoms with Crippen LogP contribution in [0.2, 0.25) is 0 Å². The lowest BCUT2D eigenvalue weighted by atomic mass is 9.94. The maximum atomic E-state index is 13.5. The zero-order valence-corrected chi connectivity index (χ0v) is 21.7. The zero-order chi connectivity index (χ0) is 37.2. The summed E-state index contributed by atoms with van der Waals surface area (Å²) in [5.74, 6) is -73.0. The fourth-order valence-electron chi connectivity index (χ4n) is 2.89. The molecule has 46 heavy (non-hydrogen) atoms. The standard InChI is InChI=1S/C20H18F24O2/c21-9(22)13(29,30)17(37,38)19(41,42)15(33,34)11(25,26)7-45-5-3-1-2-4-6-46-8-12(27,28)16(35,36)20(43,44)18(39,40)14(31,32)10(23)24/h9-10H,1-8H2. The molecule has 0 N–H and O–H groups in total. The number of hydrogen-bond donors (Lipinski definition) is 0. The number of unbranched alkanes of at least 4 members (excludes halogenated alkanes) is 3. The first-order valence-corrected chi connectivity index (χ1v) is 11.6. The molecule has 0 aromatic carbocycles. The second-order valence-electron chi connectivity index (χ2n) is 9.22. The van der Waals surface area contributed by atoms with E-state index < -0.39 is 111 Å². The van der Waals surface area contributed by atoms with Gasteiger partial charge in [0, 0.05) is 13.2 Å². The van der Waals surface area contributed by atoms with Gasteiger partial charge in [-0.1, -0.05) is 12.8 Å². The van der Waals surface area contributed by atoms with E-state index in [1.54, 1.807) is 0 Å². The molecule has 0 atom stereocenters. The van der Waals surface area contributed by atoms with E-state index >= 15 is 0 Å². The van der Waals surface area contributed by atoms with Crippen molar-refractivity contribution < 1.29 is 115 Å². The van der Waals surface area contributed by atoms with Crippen LogP contribution >= 0.6 is 0 Å². The minimum atomic E-state index is -7.78. The van der Waals surface area contributed by atoms with Gasteiger partial charge in [-0.3, -0.25) is 0 Å². The fraction of sp³-hybridized carbons (Fsp3) is 1.00. The SMILES string of the molecule is FC(F)C(F)(F)C(F)(F)C(F)(F)C(F)(F)C(F)(F)COCCCCCCOCC(F)(F)C(F)(F)C(F)(F)C(F)(F)C(F)(F)C(F)F. The van der Waals surface area contributed by atoms with Crippen molar-refractivity contribution in [1.29, 1.82) is 0 Å². The molecule has 0 amide bonds. The summed E-state index contributed by atoms with van der Waals surface area (Å²) in [6, 6.07) is 0. The summed E-state index contributed by atoms with van der Waals surface area (Å²) in [6.45, 7) is -8.08. The van der Waals surface area contributed by atoms with Crippen LogP contribution in [0, 0.1) is 0 Å². The Hall–Kier alpha value is -1.76. The molecule has 0 fully saturated rings. The molecule has 0 aliphatic rings. The van der Waals surface area contributed by atoms with Crippen molar-refractivity contribution in [3.05, 3.63) is 0 Å². The predicted molar refractivity (Wildman–Crippen MR) is 102 cm³/mol. The fourth-order valence-corrected chi connectivity index (χ4v) is 2.89. The first-order chi connectivity index (χ1) is 20.1. The number of rotatable bonds is 21. The smallest absolute Gasteiger partial charge is 0.375 e. The number of ether oxygens (including phenoxy) is 2. The van der Waals surface area contributed by atoms with Crippen LogP contribution in [0.1, 0.15) is 25.7 Å². The maximum Gasteiger partial charge on any atom is 0.384 e. The molecule has 0 aliphatic heterocycles. The van der Waals surface area contributed by atoms with Crippen LogP contribution in [0.4, 0.5) is 105 Å². The van der Waals surface area contributed by atoms with E-state index in [-0.39, 0.29) is 12.8 Å². The lowest BCUT2D eigenvalue weighted by Crippen LogP contribution is -2.69. The summed E-state index contributed by atoms with van der Waals surface area (Å²) in [6.07, 6.45) is -13.4. The summed E-state index contributed by atoms with van der Waals surface area (Å²) in [5, 5.41) is 0. The highest BCUT2D eigenvalue weighted by molar-refractivity contribution is 5.10. The van der Waals surface area contributed by atoms with Gasteiger partial charge in [0.05, 0.1) is 0 Å². The van der Waals surface area contributed by atoms with Crippen LogP contribution < -0.4 is 0 Å². The van der Waals surface area contributed by atoms with Gasteiger partial charge in [-0.05, 0) is 12.8 Å². The van der Waals surface area contributed by atoms with E-state index in [0.29, 0.717) is 0 Å². The second-order valence-corrected chi connectivity index (χ2v) is 9.22. The van der Waals surface area contributed by atoms with Crippen molar-refractivity contribution in [3.63, 3.8) is 0 Å². The molecule has 0 rings (SSSR count). The third-order valence-corrected chi connectivity index (χ3v) is 5.78. The van der Waals surface area contributed by atoms with Crippen molar-refractivity contribution in [2.75, 3.05) is 26.4 Å². The average Bonchev–Trinajstić information content (AvgIpc) is 2.88. The third kappa shape index (κ3) is 7.60. The summed E-state index contributed by atoms with van der Waals surface area (Å²) in [4.78, 5) is 0. The molecule has 0 aliphatic carbocycles. The Morgan fingerprint density at radius 2 is 0.565 bits per heavy atom. The molecule has 0 radical (unpaired) electrons. The molecular formula is C20H18F24O2. The molecular weight excluding hydrogens is 728 g/mol. The van der Waals surface area contributed by atoms with Crippen molar-refractivity contribution in [3.8, 4) is 0 Å². The summed E-state index contributed by atoms with van der Waals surface area (Å²) < 4.78 is 321. The number of halogens is 24. The van der Waals surface area contributed by atoms with E-state index in [0.717, 1.165) is 0 Å². The molecule has 2 nitrogen and oxygen atoms in total. The van der Waals surface area contributed by atoms with Crippen molar-refractivity contribution in [1.82, 2.24) is 0 Å². The van der Waals surface area contributed by atoms with E-state index in [4.69, 9.17) is 0 Å². The minimum absolute atomic E-state index is 0.389. The van der Waals surface area contributed by atoms with Gasteiger partial charge in [-0.15, -0.1) is 0 Å². The lowest BCUT2D eigenvalue weighted by Gasteiger charge is -2.39. The maximum absolute atomic E-state index is 13.5. The molecule has 0 bridgehead atoms. The van der Waals surface area contributed by atoms with Gasteiger partial charge in [-0.25, -0.2) is 17.6 Å². The Labute approximate surface area is 240 Å². The van der Waals surface area contributed by atoms with E-state index in [2.05, 4.69) is 9.47 Å². The topological polar surface area (TPSA) is 18.5 Å². The van der Waals surface area contributed by atoms with Crippen LogP contribution in [0.3, 0.4) is 0 Å². The molecule has 0 aromatic rings. The molecule has 0 saturated heterocycles. The molecule has 0 unspecified atom stereocenters. The lowest BCUT2D eigenvalue weighted by molar-refractivity contribution is -0.415. The van der Waals surface area contributed by atoms with Crippen LogP contribution in [0.25, 0.3) is 0 Å². The van der Waals surface area contributed by atoms with Gasteiger partial charge >= 0.3 is 72.1 Å². The van der Waals surface area contributed by atoms with Crippen molar-refractivity contribution in [2.45, 2.75) is 97.8 Å². The molecule has 0 saturated carbocycles. The Kier molecular flexibility index (Phi) is 13.5. The highest BCUT2D eigenvalue weighted by Crippen LogP contribution is 2.59. The Morgan fingerprint density at radius 3 is 0.783 bits per heavy atom. The molecule has 26 heteroatoms. The molecule has 0 spiro atoms. The number of alkyl halides is 24. The average molecular weight is 746 g/mol. The van der Waals surface area contributed by atoms with Crippen molar-refractivity contribution >= 4 is 0 Å². The number of hydrogen-bond acceptors (Lipinski definition) is 2. The zero-order valence-electron chi connectivity index (χ0n) is 21.7. The van der Waals surface area contributed by atoms with Crippen LogP contribution in [-0.4, -0.2) is 98.5 Å². The highest BCUT2D eigenvalue weighted by Gasteiger charge is 2.89. The minimum Gasteiger partial charge on any atom is -0.375 e. The van der Waals surface area contributed by atoms with Gasteiger partial charge in [0.15, 0.2) is 0 Å². The predicted octanol–water partition coefficient (Wildman–Crippen LogP) is 9.46. The van der Waals surface area contributed by atoms with Gasteiger partial charge in [0.25, 0.3) is 0 Å². The summed E-state index contributed by atoms with van der Waals surface area (Å²) >= 11 is 0. The summed E-state index contributed by atoms with van der Waals surface area (Å²) in [7, 11) is 0. The monoisotopic (exact) mass is 746 g/mol. The van der Waals surface area contributed by atoms with Crippen LogP contribution in [0.5, 0.6) is 0 Å². The van der Waals surface area contributed by atoms with Gasteiger partial charge in [0.2, 0.25) is 0 Å². The molecule has 278 valence electrons. The van der Waals surface area contributed by atoms with Crippen LogP contribution in [-0.2, 0) is 9.47 Å². The first kappa shape index (κ1) is 44.2. The van der Waals surface area contributed by atoms with Gasteiger partial charge < -0.3 is 9.47 Å². The van der Waals surface area contributed by atoms with E-state index in [1.165, 1.54) is 0 Å². The molecule has 0 heterocycles. The van der Waals surface area contributed by atoms with E-state index in [1.807, 2.05) is 0 Å². The Bertz CT molecular complexity index is 885. The summed E-state index contributed by atoms with van der Waals surface area (Å²) in [5.41, 5.74) is 0.